The molecule has 6 heteroatoms. The standard InChI is InChI=1S/C18H25N5O/c1-19-16-14-4-2-3-5-15(14)21-17(22-16)23-11-10-20-9-6-18(23)7-12-24-13-8-18/h2-5,20H,6-13H2,1H3,(H,19,21,22). The highest BCUT2D eigenvalue weighted by Gasteiger charge is 2.40. The van der Waals surface area contributed by atoms with Gasteiger partial charge in [0.2, 0.25) is 5.95 Å². The van der Waals surface area contributed by atoms with Gasteiger partial charge in [-0.1, -0.05) is 12.1 Å². The van der Waals surface area contributed by atoms with Crippen LogP contribution in [0.5, 0.6) is 0 Å². The van der Waals surface area contributed by atoms with Gasteiger partial charge in [0.25, 0.3) is 0 Å². The zero-order chi connectivity index (χ0) is 16.4. The summed E-state index contributed by atoms with van der Waals surface area (Å²) in [5.74, 6) is 1.73. The summed E-state index contributed by atoms with van der Waals surface area (Å²) in [7, 11) is 1.92. The molecule has 0 radical (unpaired) electrons. The molecule has 0 unspecified atom stereocenters. The van der Waals surface area contributed by atoms with Crippen LogP contribution >= 0.6 is 0 Å². The first-order valence-electron chi connectivity index (χ1n) is 8.83. The number of nitrogens with one attached hydrogen (secondary N) is 2. The SMILES string of the molecule is CNc1nc(N2CCNCCC23CCOCC3)nc2ccccc12. The summed E-state index contributed by atoms with van der Waals surface area (Å²) in [6.45, 7) is 4.59. The van der Waals surface area contributed by atoms with Gasteiger partial charge in [0.1, 0.15) is 5.82 Å². The molecule has 4 rings (SSSR count). The molecule has 2 fully saturated rings. The third kappa shape index (κ3) is 2.70. The topological polar surface area (TPSA) is 62.3 Å². The lowest BCUT2D eigenvalue weighted by Gasteiger charge is -2.45. The third-order valence-corrected chi connectivity index (χ3v) is 5.35. The number of hydrogen-bond acceptors (Lipinski definition) is 6. The monoisotopic (exact) mass is 327 g/mol. The second kappa shape index (κ2) is 6.53. The summed E-state index contributed by atoms with van der Waals surface area (Å²) in [5, 5.41) is 7.84. The molecule has 24 heavy (non-hydrogen) atoms. The molecule has 2 aromatic rings. The van der Waals surface area contributed by atoms with E-state index in [1.165, 1.54) is 0 Å². The van der Waals surface area contributed by atoms with Crippen LogP contribution in [0.15, 0.2) is 24.3 Å². The van der Waals surface area contributed by atoms with E-state index in [0.717, 1.165) is 74.8 Å². The highest BCUT2D eigenvalue weighted by atomic mass is 16.5. The number of nitrogens with zero attached hydrogens (tertiary/aromatic N) is 3. The Kier molecular flexibility index (Phi) is 4.24. The summed E-state index contributed by atoms with van der Waals surface area (Å²) < 4.78 is 5.64. The first-order chi connectivity index (χ1) is 11.8. The molecule has 2 N–H and O–H groups in total. The van der Waals surface area contributed by atoms with E-state index in [1.807, 2.05) is 19.2 Å². The molecule has 0 bridgehead atoms. The van der Waals surface area contributed by atoms with Crippen LogP contribution in [-0.4, -0.2) is 55.4 Å². The van der Waals surface area contributed by atoms with Gasteiger partial charge < -0.3 is 20.3 Å². The van der Waals surface area contributed by atoms with Crippen LogP contribution in [-0.2, 0) is 4.74 Å². The van der Waals surface area contributed by atoms with Gasteiger partial charge in [0.15, 0.2) is 0 Å². The average molecular weight is 327 g/mol. The van der Waals surface area contributed by atoms with Crippen LogP contribution < -0.4 is 15.5 Å². The molecule has 3 heterocycles. The minimum atomic E-state index is 0.106. The lowest BCUT2D eigenvalue weighted by molar-refractivity contribution is 0.0483. The summed E-state index contributed by atoms with van der Waals surface area (Å²) in [6, 6.07) is 8.20. The van der Waals surface area contributed by atoms with Gasteiger partial charge >= 0.3 is 0 Å². The molecule has 2 aliphatic rings. The Hall–Kier alpha value is -1.92. The maximum atomic E-state index is 5.64. The van der Waals surface area contributed by atoms with Crippen LogP contribution in [0.4, 0.5) is 11.8 Å². The van der Waals surface area contributed by atoms with Crippen LogP contribution in [0, 0.1) is 0 Å². The quantitative estimate of drug-likeness (QED) is 0.880. The van der Waals surface area contributed by atoms with E-state index in [9.17, 15) is 0 Å². The summed E-state index contributed by atoms with van der Waals surface area (Å²) in [6.07, 6.45) is 3.20. The van der Waals surface area contributed by atoms with Gasteiger partial charge in [-0.2, -0.15) is 4.98 Å². The van der Waals surface area contributed by atoms with Crippen molar-refractivity contribution in [3.63, 3.8) is 0 Å². The Morgan fingerprint density at radius 1 is 1.12 bits per heavy atom. The van der Waals surface area contributed by atoms with Crippen LogP contribution in [0.2, 0.25) is 0 Å². The predicted molar refractivity (Wildman–Crippen MR) is 96.7 cm³/mol. The van der Waals surface area contributed by atoms with E-state index >= 15 is 0 Å². The fraction of sp³-hybridized carbons (Fsp3) is 0.556. The summed E-state index contributed by atoms with van der Waals surface area (Å²) >= 11 is 0. The minimum Gasteiger partial charge on any atom is -0.381 e. The van der Waals surface area contributed by atoms with Crippen LogP contribution in [0.3, 0.4) is 0 Å². The Balaban J connectivity index is 1.81. The zero-order valence-corrected chi connectivity index (χ0v) is 14.2. The number of ether oxygens (including phenoxy) is 1. The van der Waals surface area contributed by atoms with Crippen molar-refractivity contribution in [2.75, 3.05) is 50.1 Å². The van der Waals surface area contributed by atoms with E-state index in [-0.39, 0.29) is 5.54 Å². The molecular formula is C18H25N5O. The van der Waals surface area contributed by atoms with Crippen molar-refractivity contribution in [1.82, 2.24) is 15.3 Å². The van der Waals surface area contributed by atoms with Crippen LogP contribution in [0.25, 0.3) is 10.9 Å². The first kappa shape index (κ1) is 15.6. The fourth-order valence-corrected chi connectivity index (χ4v) is 3.97. The van der Waals surface area contributed by atoms with Crippen molar-refractivity contribution in [2.45, 2.75) is 24.8 Å². The summed E-state index contributed by atoms with van der Waals surface area (Å²) in [4.78, 5) is 12.2. The Morgan fingerprint density at radius 2 is 1.96 bits per heavy atom. The van der Waals surface area contributed by atoms with Crippen molar-refractivity contribution >= 4 is 22.7 Å². The van der Waals surface area contributed by atoms with Gasteiger partial charge in [-0.3, -0.25) is 0 Å². The van der Waals surface area contributed by atoms with Gasteiger partial charge in [0, 0.05) is 44.3 Å². The molecule has 2 saturated heterocycles. The van der Waals surface area contributed by atoms with Crippen LogP contribution in [0.1, 0.15) is 19.3 Å². The van der Waals surface area contributed by atoms with Gasteiger partial charge in [-0.05, 0) is 37.9 Å². The number of hydrogen-bond donors (Lipinski definition) is 2. The second-order valence-electron chi connectivity index (χ2n) is 6.63. The molecule has 1 aromatic carbocycles. The van der Waals surface area contributed by atoms with Gasteiger partial charge in [-0.25, -0.2) is 4.98 Å². The third-order valence-electron chi connectivity index (χ3n) is 5.35. The maximum Gasteiger partial charge on any atom is 0.228 e. The fourth-order valence-electron chi connectivity index (χ4n) is 3.97. The Bertz CT molecular complexity index is 714. The summed E-state index contributed by atoms with van der Waals surface area (Å²) in [5.41, 5.74) is 1.10. The van der Waals surface area contributed by atoms with Crippen molar-refractivity contribution < 1.29 is 4.74 Å². The second-order valence-corrected chi connectivity index (χ2v) is 6.63. The number of aromatic nitrogens is 2. The molecular weight excluding hydrogens is 302 g/mol. The lowest BCUT2D eigenvalue weighted by Crippen LogP contribution is -2.53. The molecule has 6 nitrogen and oxygen atoms in total. The lowest BCUT2D eigenvalue weighted by atomic mass is 9.85. The average Bonchev–Trinajstić information content (AvgIpc) is 2.84. The number of benzene rings is 1. The van der Waals surface area contributed by atoms with E-state index < -0.39 is 0 Å². The normalized spacial score (nSPS) is 21.0. The number of rotatable bonds is 2. The minimum absolute atomic E-state index is 0.106. The van der Waals surface area contributed by atoms with E-state index in [0.29, 0.717) is 0 Å². The van der Waals surface area contributed by atoms with Gasteiger partial charge in [0.05, 0.1) is 5.52 Å². The molecule has 0 amide bonds. The number of anilines is 2. The van der Waals surface area contributed by atoms with Crippen molar-refractivity contribution in [3.8, 4) is 0 Å². The molecule has 1 aromatic heterocycles. The van der Waals surface area contributed by atoms with E-state index in [1.54, 1.807) is 0 Å². The highest BCUT2D eigenvalue weighted by Crippen LogP contribution is 2.35. The largest absolute Gasteiger partial charge is 0.381 e. The van der Waals surface area contributed by atoms with E-state index in [2.05, 4.69) is 27.7 Å². The number of fused-ring (bicyclic) bond motifs is 1. The van der Waals surface area contributed by atoms with E-state index in [4.69, 9.17) is 14.7 Å². The molecule has 0 saturated carbocycles. The molecule has 2 aliphatic heterocycles. The Labute approximate surface area is 142 Å². The molecule has 128 valence electrons. The molecule has 0 aliphatic carbocycles. The van der Waals surface area contributed by atoms with Crippen molar-refractivity contribution in [1.29, 1.82) is 0 Å². The first-order valence-corrected chi connectivity index (χ1v) is 8.83. The van der Waals surface area contributed by atoms with Crippen molar-refractivity contribution in [2.24, 2.45) is 0 Å². The smallest absolute Gasteiger partial charge is 0.228 e. The van der Waals surface area contributed by atoms with Crippen molar-refractivity contribution in [3.05, 3.63) is 24.3 Å². The maximum absolute atomic E-state index is 5.64. The highest BCUT2D eigenvalue weighted by molar-refractivity contribution is 5.90. The predicted octanol–water partition coefficient (Wildman–Crippen LogP) is 2.02. The number of para-hydroxylation sites is 1. The molecule has 0 atom stereocenters. The zero-order valence-electron chi connectivity index (χ0n) is 14.2. The Morgan fingerprint density at radius 3 is 2.79 bits per heavy atom. The van der Waals surface area contributed by atoms with Gasteiger partial charge in [-0.15, -0.1) is 0 Å². The molecule has 1 spiro atoms.